The van der Waals surface area contributed by atoms with Crippen molar-refractivity contribution in [3.05, 3.63) is 30.1 Å². The van der Waals surface area contributed by atoms with E-state index >= 15 is 0 Å². The fraction of sp³-hybridized carbons (Fsp3) is 0.182. The zero-order valence-corrected chi connectivity index (χ0v) is 9.91. The van der Waals surface area contributed by atoms with Crippen LogP contribution in [0.1, 0.15) is 10.4 Å². The molecule has 0 spiro atoms. The molecule has 94 valence electrons. The van der Waals surface area contributed by atoms with Crippen molar-refractivity contribution in [3.63, 3.8) is 0 Å². The third-order valence-corrected chi connectivity index (χ3v) is 2.38. The van der Waals surface area contributed by atoms with E-state index in [9.17, 15) is 9.90 Å². The van der Waals surface area contributed by atoms with E-state index in [0.29, 0.717) is 17.3 Å². The van der Waals surface area contributed by atoms with Crippen molar-refractivity contribution in [3.8, 4) is 11.5 Å². The topological polar surface area (TPSA) is 89.3 Å². The number of anilines is 1. The van der Waals surface area contributed by atoms with Crippen LogP contribution in [0.2, 0.25) is 0 Å². The molecule has 1 amide bonds. The Morgan fingerprint density at radius 2 is 2.28 bits per heavy atom. The summed E-state index contributed by atoms with van der Waals surface area (Å²) in [6, 6.07) is 4.38. The number of methoxy groups -OCH3 is 1. The Bertz CT molecular complexity index is 579. The lowest BCUT2D eigenvalue weighted by molar-refractivity contribution is 0.102. The fourth-order valence-electron chi connectivity index (χ4n) is 1.41. The van der Waals surface area contributed by atoms with Gasteiger partial charge in [-0.25, -0.2) is 4.68 Å². The maximum absolute atomic E-state index is 11.9. The normalized spacial score (nSPS) is 10.1. The van der Waals surface area contributed by atoms with Gasteiger partial charge in [-0.05, 0) is 18.2 Å². The molecular weight excluding hydrogens is 236 g/mol. The third kappa shape index (κ3) is 2.24. The second-order valence-electron chi connectivity index (χ2n) is 3.55. The monoisotopic (exact) mass is 248 g/mol. The molecule has 2 aromatic rings. The van der Waals surface area contributed by atoms with E-state index in [1.165, 1.54) is 30.3 Å². The number of rotatable bonds is 3. The number of amides is 1. The summed E-state index contributed by atoms with van der Waals surface area (Å²) in [7, 11) is 3.10. The Morgan fingerprint density at radius 1 is 1.50 bits per heavy atom. The van der Waals surface area contributed by atoms with Crippen molar-refractivity contribution in [1.29, 1.82) is 0 Å². The number of ether oxygens (including phenoxy) is 1. The van der Waals surface area contributed by atoms with E-state index in [4.69, 9.17) is 4.74 Å². The Hall–Kier alpha value is -2.57. The minimum absolute atomic E-state index is 0.0943. The van der Waals surface area contributed by atoms with Crippen LogP contribution in [0.3, 0.4) is 0 Å². The number of nitrogens with zero attached hydrogens (tertiary/aromatic N) is 3. The largest absolute Gasteiger partial charge is 0.504 e. The van der Waals surface area contributed by atoms with Gasteiger partial charge in [0.2, 0.25) is 5.95 Å². The summed E-state index contributed by atoms with van der Waals surface area (Å²) in [6.07, 6.45) is 1.33. The van der Waals surface area contributed by atoms with E-state index in [0.717, 1.165) is 0 Å². The minimum atomic E-state index is -0.385. The average molecular weight is 248 g/mol. The van der Waals surface area contributed by atoms with E-state index in [2.05, 4.69) is 15.4 Å². The van der Waals surface area contributed by atoms with Crippen LogP contribution in [0.4, 0.5) is 5.95 Å². The number of phenols is 1. The van der Waals surface area contributed by atoms with Crippen molar-refractivity contribution in [2.45, 2.75) is 0 Å². The van der Waals surface area contributed by atoms with Crippen LogP contribution in [-0.2, 0) is 7.05 Å². The molecule has 7 nitrogen and oxygen atoms in total. The molecule has 18 heavy (non-hydrogen) atoms. The molecule has 1 heterocycles. The summed E-state index contributed by atoms with van der Waals surface area (Å²) >= 11 is 0. The summed E-state index contributed by atoms with van der Waals surface area (Å²) in [5.74, 6) is 0.160. The van der Waals surface area contributed by atoms with Gasteiger partial charge in [-0.2, -0.15) is 10.1 Å². The van der Waals surface area contributed by atoms with Gasteiger partial charge in [0.25, 0.3) is 5.91 Å². The third-order valence-electron chi connectivity index (χ3n) is 2.38. The summed E-state index contributed by atoms with van der Waals surface area (Å²) < 4.78 is 6.33. The lowest BCUT2D eigenvalue weighted by Gasteiger charge is -2.06. The van der Waals surface area contributed by atoms with Crippen LogP contribution in [0.15, 0.2) is 24.5 Å². The highest BCUT2D eigenvalue weighted by Crippen LogP contribution is 2.26. The highest BCUT2D eigenvalue weighted by atomic mass is 16.5. The van der Waals surface area contributed by atoms with Gasteiger partial charge >= 0.3 is 0 Å². The second-order valence-corrected chi connectivity index (χ2v) is 3.55. The number of hydrogen-bond donors (Lipinski definition) is 2. The molecule has 0 saturated carbocycles. The number of hydrogen-bond acceptors (Lipinski definition) is 5. The molecule has 0 radical (unpaired) electrons. The highest BCUT2D eigenvalue weighted by Gasteiger charge is 2.11. The van der Waals surface area contributed by atoms with E-state index in [1.54, 1.807) is 13.1 Å². The first-order valence-corrected chi connectivity index (χ1v) is 5.14. The van der Waals surface area contributed by atoms with Gasteiger partial charge < -0.3 is 9.84 Å². The van der Waals surface area contributed by atoms with Gasteiger partial charge in [-0.1, -0.05) is 0 Å². The SMILES string of the molecule is COc1ccc(C(=O)Nc2ncnn2C)cc1O. The molecule has 2 rings (SSSR count). The standard InChI is InChI=1S/C11H12N4O3/c1-15-11(12-6-13-15)14-10(17)7-3-4-9(18-2)8(16)5-7/h3-6,16H,1-2H3,(H,12,13,14,17). The van der Waals surface area contributed by atoms with Crippen LogP contribution in [0.25, 0.3) is 0 Å². The van der Waals surface area contributed by atoms with Gasteiger partial charge in [0.05, 0.1) is 7.11 Å². The summed E-state index contributed by atoms with van der Waals surface area (Å²) in [6.45, 7) is 0. The zero-order valence-electron chi connectivity index (χ0n) is 9.91. The first kappa shape index (κ1) is 11.9. The van der Waals surface area contributed by atoms with Crippen LogP contribution >= 0.6 is 0 Å². The quantitative estimate of drug-likeness (QED) is 0.837. The number of aromatic nitrogens is 3. The molecule has 0 bridgehead atoms. The van der Waals surface area contributed by atoms with Crippen molar-refractivity contribution >= 4 is 11.9 Å². The molecular formula is C11H12N4O3. The Labute approximate surface area is 103 Å². The Kier molecular flexibility index (Phi) is 3.13. The lowest BCUT2D eigenvalue weighted by atomic mass is 10.2. The summed E-state index contributed by atoms with van der Waals surface area (Å²) in [4.78, 5) is 15.7. The molecule has 1 aromatic carbocycles. The highest BCUT2D eigenvalue weighted by molar-refractivity contribution is 6.03. The predicted molar refractivity (Wildman–Crippen MR) is 63.6 cm³/mol. The van der Waals surface area contributed by atoms with Crippen LogP contribution in [0.5, 0.6) is 11.5 Å². The summed E-state index contributed by atoms with van der Waals surface area (Å²) in [5, 5.41) is 16.0. The maximum Gasteiger partial charge on any atom is 0.258 e. The van der Waals surface area contributed by atoms with Crippen LogP contribution in [0, 0.1) is 0 Å². The fourth-order valence-corrected chi connectivity index (χ4v) is 1.41. The van der Waals surface area contributed by atoms with Crippen molar-refractivity contribution in [1.82, 2.24) is 14.8 Å². The smallest absolute Gasteiger partial charge is 0.258 e. The van der Waals surface area contributed by atoms with Gasteiger partial charge in [-0.15, -0.1) is 0 Å². The molecule has 0 aliphatic carbocycles. The van der Waals surface area contributed by atoms with Gasteiger partial charge in [0, 0.05) is 12.6 Å². The van der Waals surface area contributed by atoms with Crippen molar-refractivity contribution in [2.24, 2.45) is 7.05 Å². The molecule has 0 atom stereocenters. The maximum atomic E-state index is 11.9. The molecule has 0 saturated heterocycles. The number of carbonyl (C=O) groups excluding carboxylic acids is 1. The van der Waals surface area contributed by atoms with Gasteiger partial charge in [-0.3, -0.25) is 10.1 Å². The van der Waals surface area contributed by atoms with Crippen LogP contribution in [-0.4, -0.2) is 32.9 Å². The van der Waals surface area contributed by atoms with E-state index in [1.807, 2.05) is 0 Å². The average Bonchev–Trinajstić information content (AvgIpc) is 2.75. The van der Waals surface area contributed by atoms with Crippen molar-refractivity contribution in [2.75, 3.05) is 12.4 Å². The number of phenolic OH excluding ortho intramolecular Hbond substituents is 1. The molecule has 0 unspecified atom stereocenters. The summed E-state index contributed by atoms with van der Waals surface area (Å²) in [5.41, 5.74) is 0.302. The number of aromatic hydroxyl groups is 1. The van der Waals surface area contributed by atoms with Crippen LogP contribution < -0.4 is 10.1 Å². The minimum Gasteiger partial charge on any atom is -0.504 e. The first-order chi connectivity index (χ1) is 8.61. The predicted octanol–water partition coefficient (Wildman–Crippen LogP) is 0.782. The molecule has 0 aliphatic heterocycles. The Morgan fingerprint density at radius 3 is 2.83 bits per heavy atom. The lowest BCUT2D eigenvalue weighted by Crippen LogP contribution is -2.15. The number of nitrogens with one attached hydrogen (secondary N) is 1. The molecule has 0 aliphatic rings. The molecule has 1 aromatic heterocycles. The van der Waals surface area contributed by atoms with Crippen molar-refractivity contribution < 1.29 is 14.6 Å². The van der Waals surface area contributed by atoms with E-state index in [-0.39, 0.29) is 11.7 Å². The first-order valence-electron chi connectivity index (χ1n) is 5.14. The number of carbonyl (C=O) groups is 1. The molecule has 7 heteroatoms. The Balaban J connectivity index is 2.19. The van der Waals surface area contributed by atoms with E-state index < -0.39 is 0 Å². The van der Waals surface area contributed by atoms with Gasteiger partial charge in [0.1, 0.15) is 6.33 Å². The van der Waals surface area contributed by atoms with Gasteiger partial charge in [0.15, 0.2) is 11.5 Å². The second kappa shape index (κ2) is 4.74. The zero-order chi connectivity index (χ0) is 13.1. The molecule has 2 N–H and O–H groups in total. The number of benzene rings is 1. The number of aryl methyl sites for hydroxylation is 1. The molecule has 0 fully saturated rings.